The molecule has 1 aliphatic rings. The Hall–Kier alpha value is -2.61. The summed E-state index contributed by atoms with van der Waals surface area (Å²) in [6, 6.07) is 3.04. The third-order valence-corrected chi connectivity index (χ3v) is 2.89. The van der Waals surface area contributed by atoms with Crippen molar-refractivity contribution in [2.24, 2.45) is 0 Å². The van der Waals surface area contributed by atoms with Gasteiger partial charge in [0.2, 0.25) is 5.82 Å². The standard InChI is InChI=1S/C11H8ClN5O3/c12-5-1-7-8(20-3-9(18)15-7)2-6(5)16-11(19)10-13-4-14-17-10/h1-2,4H,3H2,(H,15,18)(H,16,19)(H,13,14,17). The fourth-order valence-electron chi connectivity index (χ4n) is 1.69. The zero-order valence-electron chi connectivity index (χ0n) is 9.94. The van der Waals surface area contributed by atoms with Gasteiger partial charge in [-0.25, -0.2) is 4.98 Å². The lowest BCUT2D eigenvalue weighted by Crippen LogP contribution is -2.25. The maximum absolute atomic E-state index is 11.8. The van der Waals surface area contributed by atoms with Gasteiger partial charge >= 0.3 is 0 Å². The van der Waals surface area contributed by atoms with Crippen LogP contribution in [0.1, 0.15) is 10.6 Å². The number of fused-ring (bicyclic) bond motifs is 1. The Labute approximate surface area is 117 Å². The molecule has 0 unspecified atom stereocenters. The Balaban J connectivity index is 1.87. The fourth-order valence-corrected chi connectivity index (χ4v) is 1.90. The average molecular weight is 294 g/mol. The minimum Gasteiger partial charge on any atom is -0.482 e. The Morgan fingerprint density at radius 1 is 1.45 bits per heavy atom. The molecule has 1 aromatic heterocycles. The molecule has 0 fully saturated rings. The third-order valence-electron chi connectivity index (χ3n) is 2.58. The Bertz CT molecular complexity index is 686. The molecule has 3 rings (SSSR count). The summed E-state index contributed by atoms with van der Waals surface area (Å²) in [6.45, 7) is -0.0792. The van der Waals surface area contributed by atoms with Crippen LogP contribution >= 0.6 is 11.6 Å². The average Bonchev–Trinajstić information content (AvgIpc) is 2.94. The van der Waals surface area contributed by atoms with E-state index in [0.717, 1.165) is 0 Å². The summed E-state index contributed by atoms with van der Waals surface area (Å²) >= 11 is 6.05. The number of halogens is 1. The molecule has 2 heterocycles. The van der Waals surface area contributed by atoms with Crippen LogP contribution in [0.15, 0.2) is 18.5 Å². The molecule has 0 bridgehead atoms. The first-order valence-electron chi connectivity index (χ1n) is 5.56. The summed E-state index contributed by atoms with van der Waals surface area (Å²) in [6.07, 6.45) is 1.22. The normalized spacial score (nSPS) is 13.2. The highest BCUT2D eigenvalue weighted by molar-refractivity contribution is 6.34. The Kier molecular flexibility index (Phi) is 2.99. The molecule has 8 nitrogen and oxygen atoms in total. The first-order chi connectivity index (χ1) is 9.63. The van der Waals surface area contributed by atoms with Crippen molar-refractivity contribution in [3.05, 3.63) is 29.3 Å². The van der Waals surface area contributed by atoms with Crippen LogP contribution in [-0.4, -0.2) is 33.6 Å². The smallest absolute Gasteiger partial charge is 0.293 e. The van der Waals surface area contributed by atoms with Gasteiger partial charge in [0.15, 0.2) is 6.61 Å². The molecule has 20 heavy (non-hydrogen) atoms. The van der Waals surface area contributed by atoms with E-state index < -0.39 is 5.91 Å². The van der Waals surface area contributed by atoms with E-state index in [2.05, 4.69) is 25.8 Å². The van der Waals surface area contributed by atoms with Gasteiger partial charge in [-0.2, -0.15) is 5.10 Å². The van der Waals surface area contributed by atoms with Gasteiger partial charge in [0.25, 0.3) is 11.8 Å². The molecule has 3 N–H and O–H groups in total. The molecule has 0 saturated heterocycles. The van der Waals surface area contributed by atoms with Gasteiger partial charge in [-0.05, 0) is 6.07 Å². The van der Waals surface area contributed by atoms with Crippen molar-refractivity contribution in [1.82, 2.24) is 15.2 Å². The predicted molar refractivity (Wildman–Crippen MR) is 69.9 cm³/mol. The lowest BCUT2D eigenvalue weighted by atomic mass is 10.2. The van der Waals surface area contributed by atoms with Crippen molar-refractivity contribution in [2.75, 3.05) is 17.2 Å². The minimum absolute atomic E-state index is 0.0630. The largest absolute Gasteiger partial charge is 0.482 e. The van der Waals surface area contributed by atoms with Crippen LogP contribution in [0.5, 0.6) is 5.75 Å². The molecule has 1 aliphatic heterocycles. The van der Waals surface area contributed by atoms with Crippen molar-refractivity contribution in [3.8, 4) is 5.75 Å². The van der Waals surface area contributed by atoms with E-state index in [-0.39, 0.29) is 23.4 Å². The number of aromatic nitrogens is 3. The first-order valence-corrected chi connectivity index (χ1v) is 5.94. The second-order valence-electron chi connectivity index (χ2n) is 3.95. The van der Waals surface area contributed by atoms with Crippen LogP contribution in [0.4, 0.5) is 11.4 Å². The number of ether oxygens (including phenoxy) is 1. The molecular weight excluding hydrogens is 286 g/mol. The number of hydrogen-bond acceptors (Lipinski definition) is 5. The van der Waals surface area contributed by atoms with Crippen LogP contribution < -0.4 is 15.4 Å². The number of nitrogens with zero attached hydrogens (tertiary/aromatic N) is 2. The van der Waals surface area contributed by atoms with Crippen molar-refractivity contribution in [1.29, 1.82) is 0 Å². The van der Waals surface area contributed by atoms with Crippen molar-refractivity contribution in [3.63, 3.8) is 0 Å². The molecule has 0 aliphatic carbocycles. The summed E-state index contributed by atoms with van der Waals surface area (Å²) in [5, 5.41) is 11.5. The van der Waals surface area contributed by atoms with E-state index in [9.17, 15) is 9.59 Å². The molecule has 0 spiro atoms. The maximum Gasteiger partial charge on any atom is 0.293 e. The zero-order chi connectivity index (χ0) is 14.1. The monoisotopic (exact) mass is 293 g/mol. The summed E-state index contributed by atoms with van der Waals surface area (Å²) < 4.78 is 5.25. The number of amides is 2. The summed E-state index contributed by atoms with van der Waals surface area (Å²) in [4.78, 5) is 26.7. The van der Waals surface area contributed by atoms with Gasteiger partial charge in [0.05, 0.1) is 16.4 Å². The second kappa shape index (κ2) is 4.82. The number of anilines is 2. The maximum atomic E-state index is 11.8. The van der Waals surface area contributed by atoms with Crippen LogP contribution in [0.2, 0.25) is 5.02 Å². The van der Waals surface area contributed by atoms with Gasteiger partial charge in [-0.15, -0.1) is 0 Å². The molecule has 0 radical (unpaired) electrons. The summed E-state index contributed by atoms with van der Waals surface area (Å²) in [7, 11) is 0. The van der Waals surface area contributed by atoms with E-state index >= 15 is 0 Å². The van der Waals surface area contributed by atoms with Crippen LogP contribution in [-0.2, 0) is 4.79 Å². The Morgan fingerprint density at radius 3 is 3.05 bits per heavy atom. The van der Waals surface area contributed by atoms with Crippen molar-refractivity contribution < 1.29 is 14.3 Å². The highest BCUT2D eigenvalue weighted by atomic mass is 35.5. The van der Waals surface area contributed by atoms with Gasteiger partial charge in [0, 0.05) is 6.07 Å². The molecule has 9 heteroatoms. The number of hydrogen-bond donors (Lipinski definition) is 3. The van der Waals surface area contributed by atoms with Crippen molar-refractivity contribution in [2.45, 2.75) is 0 Å². The zero-order valence-corrected chi connectivity index (χ0v) is 10.7. The molecule has 0 saturated carbocycles. The van der Waals surface area contributed by atoms with Crippen LogP contribution in [0.25, 0.3) is 0 Å². The van der Waals surface area contributed by atoms with Gasteiger partial charge in [-0.3, -0.25) is 14.7 Å². The van der Waals surface area contributed by atoms with Gasteiger partial charge in [-0.1, -0.05) is 11.6 Å². The summed E-state index contributed by atoms with van der Waals surface area (Å²) in [5.74, 6) is -0.244. The molecule has 0 atom stereocenters. The molecule has 2 amide bonds. The van der Waals surface area contributed by atoms with Crippen LogP contribution in [0, 0.1) is 0 Å². The number of nitrogens with one attached hydrogen (secondary N) is 3. The first kappa shape index (κ1) is 12.4. The van der Waals surface area contributed by atoms with Crippen molar-refractivity contribution >= 4 is 34.8 Å². The quantitative estimate of drug-likeness (QED) is 0.766. The molecular formula is C11H8ClN5O3. The number of carbonyl (C=O) groups is 2. The lowest BCUT2D eigenvalue weighted by Gasteiger charge is -2.19. The van der Waals surface area contributed by atoms with Gasteiger partial charge < -0.3 is 15.4 Å². The fraction of sp³-hybridized carbons (Fsp3) is 0.0909. The number of carbonyl (C=O) groups excluding carboxylic acids is 2. The SMILES string of the molecule is O=C1COc2cc(NC(=O)c3ncn[nH]3)c(Cl)cc2N1. The predicted octanol–water partition coefficient (Wildman–Crippen LogP) is 1.04. The molecule has 2 aromatic rings. The second-order valence-corrected chi connectivity index (χ2v) is 4.36. The lowest BCUT2D eigenvalue weighted by molar-refractivity contribution is -0.118. The van der Waals surface area contributed by atoms with E-state index in [1.807, 2.05) is 0 Å². The van der Waals surface area contributed by atoms with E-state index in [1.54, 1.807) is 0 Å². The summed E-state index contributed by atoms with van der Waals surface area (Å²) in [5.41, 5.74) is 0.812. The highest BCUT2D eigenvalue weighted by Gasteiger charge is 2.19. The molecule has 102 valence electrons. The third kappa shape index (κ3) is 2.28. The van der Waals surface area contributed by atoms with E-state index in [4.69, 9.17) is 16.3 Å². The van der Waals surface area contributed by atoms with E-state index in [0.29, 0.717) is 17.1 Å². The number of benzene rings is 1. The van der Waals surface area contributed by atoms with Gasteiger partial charge in [0.1, 0.15) is 12.1 Å². The van der Waals surface area contributed by atoms with Crippen LogP contribution in [0.3, 0.4) is 0 Å². The van der Waals surface area contributed by atoms with E-state index in [1.165, 1.54) is 18.5 Å². The Morgan fingerprint density at radius 2 is 2.30 bits per heavy atom. The minimum atomic E-state index is -0.482. The number of aromatic amines is 1. The highest BCUT2D eigenvalue weighted by Crippen LogP contribution is 2.36. The number of H-pyrrole nitrogens is 1. The molecule has 1 aromatic carbocycles. The number of rotatable bonds is 2. The topological polar surface area (TPSA) is 109 Å².